The van der Waals surface area contributed by atoms with Crippen molar-refractivity contribution in [2.75, 3.05) is 29.9 Å². The molecule has 1 aromatic heterocycles. The highest BCUT2D eigenvalue weighted by Crippen LogP contribution is 2.24. The van der Waals surface area contributed by atoms with Crippen molar-refractivity contribution in [3.63, 3.8) is 0 Å². The summed E-state index contributed by atoms with van der Waals surface area (Å²) in [6.07, 6.45) is 0. The summed E-state index contributed by atoms with van der Waals surface area (Å²) in [7, 11) is 0. The third kappa shape index (κ3) is 3.29. The Balaban J connectivity index is 1.58. The third-order valence-electron chi connectivity index (χ3n) is 4.70. The number of amides is 2. The van der Waals surface area contributed by atoms with Gasteiger partial charge in [-0.25, -0.2) is 4.39 Å². The number of anilines is 2. The van der Waals surface area contributed by atoms with E-state index < -0.39 is 0 Å². The summed E-state index contributed by atoms with van der Waals surface area (Å²) in [5, 5.41) is 6.22. The van der Waals surface area contributed by atoms with Crippen LogP contribution < -0.4 is 15.5 Å². The maximum Gasteiger partial charge on any atom is 0.272 e. The van der Waals surface area contributed by atoms with Gasteiger partial charge in [0.1, 0.15) is 11.5 Å². The molecule has 6 nitrogen and oxygen atoms in total. The fourth-order valence-electron chi connectivity index (χ4n) is 3.28. The number of aromatic amines is 1. The number of hydrogen-bond acceptors (Lipinski definition) is 3. The first kappa shape index (κ1) is 17.2. The van der Waals surface area contributed by atoms with Crippen LogP contribution in [-0.4, -0.2) is 36.4 Å². The van der Waals surface area contributed by atoms with Gasteiger partial charge in [0, 0.05) is 29.9 Å². The monoisotopic (exact) mass is 366 g/mol. The predicted molar refractivity (Wildman–Crippen MR) is 103 cm³/mol. The fourth-order valence-corrected chi connectivity index (χ4v) is 3.28. The molecule has 4 rings (SSSR count). The molecule has 2 aromatic carbocycles. The molecule has 138 valence electrons. The van der Waals surface area contributed by atoms with Gasteiger partial charge < -0.3 is 20.5 Å². The second-order valence-electron chi connectivity index (χ2n) is 6.56. The van der Waals surface area contributed by atoms with Crippen molar-refractivity contribution >= 4 is 34.1 Å². The smallest absolute Gasteiger partial charge is 0.272 e. The van der Waals surface area contributed by atoms with Gasteiger partial charge in [0.15, 0.2) is 0 Å². The molecule has 3 aromatic rings. The Hall–Kier alpha value is -3.19. The average molecular weight is 366 g/mol. The zero-order chi connectivity index (χ0) is 19.0. The third-order valence-corrected chi connectivity index (χ3v) is 4.70. The normalized spacial score (nSPS) is 14.6. The molecule has 0 atom stereocenters. The van der Waals surface area contributed by atoms with Gasteiger partial charge in [-0.05, 0) is 42.8 Å². The van der Waals surface area contributed by atoms with Crippen LogP contribution in [-0.2, 0) is 4.79 Å². The molecule has 1 aliphatic rings. The number of carbonyl (C=O) groups excluding carboxylic acids is 2. The number of H-pyrrole nitrogens is 1. The van der Waals surface area contributed by atoms with Crippen LogP contribution in [0.25, 0.3) is 10.9 Å². The van der Waals surface area contributed by atoms with Crippen LogP contribution in [0.1, 0.15) is 16.1 Å². The van der Waals surface area contributed by atoms with Gasteiger partial charge in [0.05, 0.1) is 12.1 Å². The number of rotatable bonds is 3. The molecule has 0 saturated carbocycles. The van der Waals surface area contributed by atoms with E-state index in [1.54, 1.807) is 29.2 Å². The van der Waals surface area contributed by atoms with Crippen LogP contribution in [0.4, 0.5) is 15.8 Å². The Bertz CT molecular complexity index is 1000. The minimum Gasteiger partial charge on any atom is -0.350 e. The highest BCUT2D eigenvalue weighted by atomic mass is 19.1. The van der Waals surface area contributed by atoms with Crippen LogP contribution in [0.2, 0.25) is 0 Å². The molecule has 0 unspecified atom stereocenters. The first-order valence-electron chi connectivity index (χ1n) is 8.73. The summed E-state index contributed by atoms with van der Waals surface area (Å²) >= 11 is 0. The quantitative estimate of drug-likeness (QED) is 0.667. The number of carbonyl (C=O) groups is 2. The summed E-state index contributed by atoms with van der Waals surface area (Å²) in [6, 6.07) is 11.7. The number of aryl methyl sites for hydroxylation is 1. The largest absolute Gasteiger partial charge is 0.350 e. The van der Waals surface area contributed by atoms with Crippen LogP contribution in [0.5, 0.6) is 0 Å². The number of nitrogens with one attached hydrogen (secondary N) is 3. The van der Waals surface area contributed by atoms with E-state index in [1.165, 1.54) is 12.1 Å². The van der Waals surface area contributed by atoms with E-state index in [2.05, 4.69) is 15.6 Å². The number of benzene rings is 2. The van der Waals surface area contributed by atoms with Gasteiger partial charge in [-0.15, -0.1) is 0 Å². The number of fused-ring (bicyclic) bond motifs is 1. The van der Waals surface area contributed by atoms with E-state index in [9.17, 15) is 14.0 Å². The zero-order valence-electron chi connectivity index (χ0n) is 14.8. The van der Waals surface area contributed by atoms with Crippen LogP contribution in [0, 0.1) is 12.7 Å². The van der Waals surface area contributed by atoms with E-state index in [4.69, 9.17) is 0 Å². The Morgan fingerprint density at radius 1 is 1.22 bits per heavy atom. The minimum atomic E-state index is -0.370. The lowest BCUT2D eigenvalue weighted by atomic mass is 10.1. The topological polar surface area (TPSA) is 77.2 Å². The lowest BCUT2D eigenvalue weighted by molar-refractivity contribution is -0.118. The Morgan fingerprint density at radius 3 is 2.85 bits per heavy atom. The second kappa shape index (κ2) is 6.85. The number of halogens is 1. The molecule has 3 N–H and O–H groups in total. The number of nitrogens with zero attached hydrogens (tertiary/aromatic N) is 1. The summed E-state index contributed by atoms with van der Waals surface area (Å²) < 4.78 is 14.0. The lowest BCUT2D eigenvalue weighted by Gasteiger charge is -2.27. The van der Waals surface area contributed by atoms with Crippen molar-refractivity contribution in [2.24, 2.45) is 0 Å². The van der Waals surface area contributed by atoms with Crippen molar-refractivity contribution in [2.45, 2.75) is 6.92 Å². The predicted octanol–water partition coefficient (Wildman–Crippen LogP) is 2.80. The highest BCUT2D eigenvalue weighted by molar-refractivity contribution is 6.06. The van der Waals surface area contributed by atoms with Crippen molar-refractivity contribution < 1.29 is 14.0 Å². The minimum absolute atomic E-state index is 0.00806. The molecule has 0 aliphatic carbocycles. The summed E-state index contributed by atoms with van der Waals surface area (Å²) in [5.41, 5.74) is 3.06. The first-order valence-corrected chi connectivity index (χ1v) is 8.73. The second-order valence-corrected chi connectivity index (χ2v) is 6.56. The molecular weight excluding hydrogens is 347 g/mol. The van der Waals surface area contributed by atoms with Crippen molar-refractivity contribution in [3.8, 4) is 0 Å². The molecule has 27 heavy (non-hydrogen) atoms. The van der Waals surface area contributed by atoms with E-state index in [0.717, 1.165) is 17.8 Å². The summed E-state index contributed by atoms with van der Waals surface area (Å²) in [5.74, 6) is -0.745. The molecule has 1 saturated heterocycles. The van der Waals surface area contributed by atoms with Gasteiger partial charge in [-0.2, -0.15) is 0 Å². The summed E-state index contributed by atoms with van der Waals surface area (Å²) in [4.78, 5) is 29.3. The molecule has 7 heteroatoms. The summed E-state index contributed by atoms with van der Waals surface area (Å²) in [6.45, 7) is 3.46. The van der Waals surface area contributed by atoms with Crippen LogP contribution >= 0.6 is 0 Å². The van der Waals surface area contributed by atoms with Crippen molar-refractivity contribution in [3.05, 3.63) is 59.5 Å². The van der Waals surface area contributed by atoms with Gasteiger partial charge in [0.2, 0.25) is 5.91 Å². The standard InChI is InChI=1S/C20H19FN4O2/c1-12-5-6-16(21)15-10-17(24-19(12)15)20(27)23-13-3-2-4-14(9-13)25-8-7-22-11-18(25)26/h2-6,9-10,22,24H,7-8,11H2,1H3,(H,23,27). The van der Waals surface area contributed by atoms with E-state index >= 15 is 0 Å². The van der Waals surface area contributed by atoms with Gasteiger partial charge in [-0.3, -0.25) is 9.59 Å². The highest BCUT2D eigenvalue weighted by Gasteiger charge is 2.20. The molecule has 2 heterocycles. The van der Waals surface area contributed by atoms with Gasteiger partial charge >= 0.3 is 0 Å². The van der Waals surface area contributed by atoms with Gasteiger partial charge in [0.25, 0.3) is 5.91 Å². The molecule has 0 spiro atoms. The number of piperazine rings is 1. The molecular formula is C20H19FN4O2. The maximum absolute atomic E-state index is 14.0. The van der Waals surface area contributed by atoms with E-state index in [0.29, 0.717) is 29.7 Å². The Labute approximate surface area is 155 Å². The van der Waals surface area contributed by atoms with E-state index in [1.807, 2.05) is 13.0 Å². The molecule has 0 radical (unpaired) electrons. The van der Waals surface area contributed by atoms with Crippen molar-refractivity contribution in [1.29, 1.82) is 0 Å². The molecule has 0 bridgehead atoms. The van der Waals surface area contributed by atoms with Crippen LogP contribution in [0.15, 0.2) is 42.5 Å². The maximum atomic E-state index is 14.0. The Kier molecular flexibility index (Phi) is 4.37. The fraction of sp³-hybridized carbons (Fsp3) is 0.200. The number of aromatic nitrogens is 1. The SMILES string of the molecule is Cc1ccc(F)c2cc(C(=O)Nc3cccc(N4CCNCC4=O)c3)[nH]c12. The molecule has 2 amide bonds. The molecule has 1 aliphatic heterocycles. The van der Waals surface area contributed by atoms with Crippen molar-refractivity contribution in [1.82, 2.24) is 10.3 Å². The average Bonchev–Trinajstić information content (AvgIpc) is 3.12. The van der Waals surface area contributed by atoms with E-state index in [-0.39, 0.29) is 23.3 Å². The Morgan fingerprint density at radius 2 is 2.07 bits per heavy atom. The lowest BCUT2D eigenvalue weighted by Crippen LogP contribution is -2.48. The molecule has 1 fully saturated rings. The number of hydrogen-bond donors (Lipinski definition) is 3. The zero-order valence-corrected chi connectivity index (χ0v) is 14.8. The first-order chi connectivity index (χ1) is 13.0. The van der Waals surface area contributed by atoms with Gasteiger partial charge in [-0.1, -0.05) is 12.1 Å². The van der Waals surface area contributed by atoms with Crippen LogP contribution in [0.3, 0.4) is 0 Å².